The van der Waals surface area contributed by atoms with Crippen LogP contribution in [0.4, 0.5) is 10.1 Å². The van der Waals surface area contributed by atoms with Crippen molar-refractivity contribution >= 4 is 5.69 Å². The summed E-state index contributed by atoms with van der Waals surface area (Å²) in [7, 11) is 0. The van der Waals surface area contributed by atoms with Crippen LogP contribution in [0.5, 0.6) is 0 Å². The standard InChI is InChI=1S/C16H12FN3/c1-11-2-5-16(14(6-11)9-19)20-10-13-4-3-12(8-18)7-15(13)17/h2-7,20H,10H2,1H3. The Labute approximate surface area is 116 Å². The van der Waals surface area contributed by atoms with E-state index in [1.54, 1.807) is 24.3 Å². The number of nitrogens with one attached hydrogen (secondary N) is 1. The highest BCUT2D eigenvalue weighted by molar-refractivity contribution is 5.58. The Morgan fingerprint density at radius 3 is 2.55 bits per heavy atom. The molecule has 1 N–H and O–H groups in total. The lowest BCUT2D eigenvalue weighted by molar-refractivity contribution is 0.612. The maximum Gasteiger partial charge on any atom is 0.129 e. The van der Waals surface area contributed by atoms with Crippen molar-refractivity contribution in [2.75, 3.05) is 5.32 Å². The Morgan fingerprint density at radius 1 is 1.10 bits per heavy atom. The lowest BCUT2D eigenvalue weighted by atomic mass is 10.1. The van der Waals surface area contributed by atoms with Gasteiger partial charge in [0.1, 0.15) is 11.9 Å². The van der Waals surface area contributed by atoms with Crippen LogP contribution in [0.25, 0.3) is 0 Å². The average molecular weight is 265 g/mol. The van der Waals surface area contributed by atoms with Crippen molar-refractivity contribution in [3.8, 4) is 12.1 Å². The average Bonchev–Trinajstić information content (AvgIpc) is 2.46. The maximum atomic E-state index is 13.7. The monoisotopic (exact) mass is 265 g/mol. The Hall–Kier alpha value is -2.85. The normalized spacial score (nSPS) is 9.60. The van der Waals surface area contributed by atoms with Gasteiger partial charge < -0.3 is 5.32 Å². The molecule has 0 spiro atoms. The summed E-state index contributed by atoms with van der Waals surface area (Å²) in [6.07, 6.45) is 0. The molecule has 0 aromatic heterocycles. The molecular formula is C16H12FN3. The number of rotatable bonds is 3. The summed E-state index contributed by atoms with van der Waals surface area (Å²) in [6.45, 7) is 2.17. The summed E-state index contributed by atoms with van der Waals surface area (Å²) in [6, 6.07) is 13.8. The molecule has 0 aliphatic carbocycles. The number of nitrogens with zero attached hydrogens (tertiary/aromatic N) is 2. The predicted molar refractivity (Wildman–Crippen MR) is 74.3 cm³/mol. The van der Waals surface area contributed by atoms with Crippen LogP contribution in [-0.2, 0) is 6.54 Å². The molecule has 0 heterocycles. The zero-order chi connectivity index (χ0) is 14.5. The van der Waals surface area contributed by atoms with Crippen LogP contribution in [0.15, 0.2) is 36.4 Å². The van der Waals surface area contributed by atoms with Crippen molar-refractivity contribution in [1.82, 2.24) is 0 Å². The summed E-state index contributed by atoms with van der Waals surface area (Å²) < 4.78 is 13.7. The van der Waals surface area contributed by atoms with Crippen molar-refractivity contribution in [2.24, 2.45) is 0 Å². The Bertz CT molecular complexity index is 723. The second kappa shape index (κ2) is 5.86. The largest absolute Gasteiger partial charge is 0.380 e. The summed E-state index contributed by atoms with van der Waals surface area (Å²) in [5.74, 6) is -0.429. The second-order valence-electron chi connectivity index (χ2n) is 4.43. The molecule has 0 saturated heterocycles. The van der Waals surface area contributed by atoms with Gasteiger partial charge in [-0.2, -0.15) is 10.5 Å². The summed E-state index contributed by atoms with van der Waals surface area (Å²) in [4.78, 5) is 0. The molecule has 0 unspecified atom stereocenters. The fraction of sp³-hybridized carbons (Fsp3) is 0.125. The molecule has 0 saturated carbocycles. The lowest BCUT2D eigenvalue weighted by Gasteiger charge is -2.09. The fourth-order valence-corrected chi connectivity index (χ4v) is 1.86. The molecule has 2 aromatic rings. The van der Waals surface area contributed by atoms with Gasteiger partial charge in [0.25, 0.3) is 0 Å². The quantitative estimate of drug-likeness (QED) is 0.924. The van der Waals surface area contributed by atoms with E-state index in [4.69, 9.17) is 10.5 Å². The first-order chi connectivity index (χ1) is 9.63. The lowest BCUT2D eigenvalue weighted by Crippen LogP contribution is -2.03. The van der Waals surface area contributed by atoms with Gasteiger partial charge in [-0.05, 0) is 36.8 Å². The molecule has 0 atom stereocenters. The summed E-state index contributed by atoms with van der Waals surface area (Å²) >= 11 is 0. The number of benzene rings is 2. The molecule has 0 amide bonds. The minimum Gasteiger partial charge on any atom is -0.380 e. The second-order valence-corrected chi connectivity index (χ2v) is 4.43. The number of aryl methyl sites for hydroxylation is 1. The van der Waals surface area contributed by atoms with E-state index in [9.17, 15) is 4.39 Å². The van der Waals surface area contributed by atoms with E-state index in [1.165, 1.54) is 6.07 Å². The van der Waals surface area contributed by atoms with Gasteiger partial charge in [-0.1, -0.05) is 12.1 Å². The third kappa shape index (κ3) is 2.93. The van der Waals surface area contributed by atoms with Crippen molar-refractivity contribution in [1.29, 1.82) is 10.5 Å². The maximum absolute atomic E-state index is 13.7. The molecular weight excluding hydrogens is 253 g/mol. The van der Waals surface area contributed by atoms with E-state index in [-0.39, 0.29) is 6.54 Å². The minimum absolute atomic E-state index is 0.259. The van der Waals surface area contributed by atoms with Crippen LogP contribution in [0, 0.1) is 35.4 Å². The van der Waals surface area contributed by atoms with Gasteiger partial charge >= 0.3 is 0 Å². The van der Waals surface area contributed by atoms with Gasteiger partial charge in [0.05, 0.1) is 22.9 Å². The smallest absolute Gasteiger partial charge is 0.129 e. The van der Waals surface area contributed by atoms with Gasteiger partial charge in [0.15, 0.2) is 0 Å². The first-order valence-corrected chi connectivity index (χ1v) is 6.07. The molecule has 0 aliphatic rings. The van der Waals surface area contributed by atoms with E-state index in [1.807, 2.05) is 19.1 Å². The van der Waals surface area contributed by atoms with Gasteiger partial charge in [-0.3, -0.25) is 0 Å². The fourth-order valence-electron chi connectivity index (χ4n) is 1.86. The van der Waals surface area contributed by atoms with Crippen molar-refractivity contribution in [2.45, 2.75) is 13.5 Å². The highest BCUT2D eigenvalue weighted by atomic mass is 19.1. The zero-order valence-electron chi connectivity index (χ0n) is 10.9. The molecule has 20 heavy (non-hydrogen) atoms. The summed E-state index contributed by atoms with van der Waals surface area (Å²) in [5.41, 5.74) is 2.94. The van der Waals surface area contributed by atoms with Crippen LogP contribution < -0.4 is 5.32 Å². The Morgan fingerprint density at radius 2 is 1.90 bits per heavy atom. The third-order valence-corrected chi connectivity index (χ3v) is 2.95. The first-order valence-electron chi connectivity index (χ1n) is 6.07. The highest BCUT2D eigenvalue weighted by Gasteiger charge is 2.06. The Balaban J connectivity index is 2.18. The SMILES string of the molecule is Cc1ccc(NCc2ccc(C#N)cc2F)c(C#N)c1. The van der Waals surface area contributed by atoms with Crippen LogP contribution in [-0.4, -0.2) is 0 Å². The third-order valence-electron chi connectivity index (χ3n) is 2.95. The van der Waals surface area contributed by atoms with E-state index < -0.39 is 5.82 Å². The van der Waals surface area contributed by atoms with Crippen LogP contribution in [0.3, 0.4) is 0 Å². The molecule has 2 aromatic carbocycles. The Kier molecular flexibility index (Phi) is 3.98. The molecule has 0 fully saturated rings. The van der Waals surface area contributed by atoms with Gasteiger partial charge in [0.2, 0.25) is 0 Å². The number of anilines is 1. The van der Waals surface area contributed by atoms with E-state index in [2.05, 4.69) is 11.4 Å². The highest BCUT2D eigenvalue weighted by Crippen LogP contribution is 2.18. The van der Waals surface area contributed by atoms with Gasteiger partial charge in [-0.25, -0.2) is 4.39 Å². The molecule has 0 radical (unpaired) electrons. The number of hydrogen-bond donors (Lipinski definition) is 1. The zero-order valence-corrected chi connectivity index (χ0v) is 10.9. The topological polar surface area (TPSA) is 59.6 Å². The van der Waals surface area contributed by atoms with Crippen LogP contribution >= 0.6 is 0 Å². The first kappa shape index (κ1) is 13.6. The molecule has 0 aliphatic heterocycles. The molecule has 2 rings (SSSR count). The van der Waals surface area contributed by atoms with Gasteiger partial charge in [-0.15, -0.1) is 0 Å². The van der Waals surface area contributed by atoms with Crippen molar-refractivity contribution in [3.63, 3.8) is 0 Å². The van der Waals surface area contributed by atoms with E-state index >= 15 is 0 Å². The molecule has 98 valence electrons. The predicted octanol–water partition coefficient (Wildman–Crippen LogP) is 3.49. The van der Waals surface area contributed by atoms with Crippen molar-refractivity contribution in [3.05, 3.63) is 64.5 Å². The number of hydrogen-bond acceptors (Lipinski definition) is 3. The number of nitriles is 2. The van der Waals surface area contributed by atoms with Gasteiger partial charge in [0, 0.05) is 12.1 Å². The van der Waals surface area contributed by atoms with E-state index in [0.29, 0.717) is 22.4 Å². The van der Waals surface area contributed by atoms with E-state index in [0.717, 1.165) is 5.56 Å². The molecule has 4 heteroatoms. The van der Waals surface area contributed by atoms with Crippen molar-refractivity contribution < 1.29 is 4.39 Å². The van der Waals surface area contributed by atoms with Crippen LogP contribution in [0.2, 0.25) is 0 Å². The van der Waals surface area contributed by atoms with Crippen LogP contribution in [0.1, 0.15) is 22.3 Å². The molecule has 0 bridgehead atoms. The molecule has 3 nitrogen and oxygen atoms in total. The summed E-state index contributed by atoms with van der Waals surface area (Å²) in [5, 5.41) is 20.8. The number of halogens is 1. The minimum atomic E-state index is -0.429.